The first kappa shape index (κ1) is 17.7. The summed E-state index contributed by atoms with van der Waals surface area (Å²) in [4.78, 5) is 15.1. The lowest BCUT2D eigenvalue weighted by Crippen LogP contribution is -2.23. The van der Waals surface area contributed by atoms with Crippen LogP contribution in [0.15, 0.2) is 36.4 Å². The highest BCUT2D eigenvalue weighted by atomic mass is 35.5. The molecule has 0 spiro atoms. The zero-order valence-electron chi connectivity index (χ0n) is 14.0. The maximum absolute atomic E-state index is 11.0. The minimum atomic E-state index is -1.28. The Morgan fingerprint density at radius 1 is 1.20 bits per heavy atom. The van der Waals surface area contributed by atoms with Crippen molar-refractivity contribution < 1.29 is 14.6 Å². The second kappa shape index (κ2) is 8.34. The van der Waals surface area contributed by atoms with Crippen LogP contribution in [0.25, 0.3) is 0 Å². The van der Waals surface area contributed by atoms with Crippen molar-refractivity contribution in [1.82, 2.24) is 4.98 Å². The van der Waals surface area contributed by atoms with Crippen molar-refractivity contribution >= 4 is 17.6 Å². The van der Waals surface area contributed by atoms with E-state index in [0.717, 1.165) is 11.3 Å². The molecular weight excluding hydrogens is 338 g/mol. The minimum absolute atomic E-state index is 0.0656. The number of carboxylic acid groups (broad SMARTS) is 1. The maximum Gasteiger partial charge on any atom is 0.122 e. The van der Waals surface area contributed by atoms with E-state index in [2.05, 4.69) is 4.98 Å². The second-order valence-corrected chi connectivity index (χ2v) is 6.98. The molecule has 1 aliphatic carbocycles. The number of hydrogen-bond acceptors (Lipinski definition) is 4. The van der Waals surface area contributed by atoms with Crippen LogP contribution in [0.2, 0.25) is 5.02 Å². The van der Waals surface area contributed by atoms with E-state index in [4.69, 9.17) is 16.3 Å². The standard InChI is InChI=1S/C20H22ClNO3/c21-16-9-10-19(25-13-14-5-2-1-3-6-14)15(11-16)12-17-7-4-8-18(22-17)20(23)24/h4,7-11,14H,1-3,5-6,12-13H2,(H,23,24)/p-1. The van der Waals surface area contributed by atoms with Gasteiger partial charge in [0.2, 0.25) is 0 Å². The zero-order valence-corrected chi connectivity index (χ0v) is 14.8. The molecule has 5 heteroatoms. The second-order valence-electron chi connectivity index (χ2n) is 6.55. The Morgan fingerprint density at radius 2 is 2.00 bits per heavy atom. The highest BCUT2D eigenvalue weighted by Gasteiger charge is 2.15. The molecule has 4 nitrogen and oxygen atoms in total. The lowest BCUT2D eigenvalue weighted by molar-refractivity contribution is -0.255. The number of hydrogen-bond donors (Lipinski definition) is 0. The van der Waals surface area contributed by atoms with Crippen molar-refractivity contribution in [3.05, 3.63) is 58.4 Å². The molecule has 0 radical (unpaired) electrons. The monoisotopic (exact) mass is 358 g/mol. The molecule has 0 unspecified atom stereocenters. The smallest absolute Gasteiger partial charge is 0.122 e. The Labute approximate surface area is 152 Å². The summed E-state index contributed by atoms with van der Waals surface area (Å²) in [7, 11) is 0. The SMILES string of the molecule is O=C([O-])c1cccc(Cc2cc(Cl)ccc2OCC2CCCCC2)n1. The summed E-state index contributed by atoms with van der Waals surface area (Å²) in [5, 5.41) is 11.6. The lowest BCUT2D eigenvalue weighted by atomic mass is 9.90. The molecular formula is C20H21ClNO3-. The summed E-state index contributed by atoms with van der Waals surface area (Å²) in [6.45, 7) is 0.709. The van der Waals surface area contributed by atoms with Gasteiger partial charge in [0.05, 0.1) is 18.3 Å². The van der Waals surface area contributed by atoms with Gasteiger partial charge in [-0.3, -0.25) is 4.98 Å². The average molecular weight is 359 g/mol. The van der Waals surface area contributed by atoms with E-state index in [1.807, 2.05) is 18.2 Å². The molecule has 1 fully saturated rings. The van der Waals surface area contributed by atoms with E-state index in [1.165, 1.54) is 38.2 Å². The number of halogens is 1. The van der Waals surface area contributed by atoms with Crippen molar-refractivity contribution in [1.29, 1.82) is 0 Å². The Hall–Kier alpha value is -2.07. The summed E-state index contributed by atoms with van der Waals surface area (Å²) >= 11 is 6.13. The molecule has 3 rings (SSSR count). The van der Waals surface area contributed by atoms with E-state index >= 15 is 0 Å². The number of aromatic nitrogens is 1. The molecule has 0 atom stereocenters. The molecule has 0 aliphatic heterocycles. The van der Waals surface area contributed by atoms with Crippen LogP contribution in [-0.2, 0) is 6.42 Å². The predicted octanol–water partition coefficient (Wildman–Crippen LogP) is 3.65. The van der Waals surface area contributed by atoms with Gasteiger partial charge < -0.3 is 14.6 Å². The van der Waals surface area contributed by atoms with Crippen LogP contribution >= 0.6 is 11.6 Å². The summed E-state index contributed by atoms with van der Waals surface area (Å²) in [5.74, 6) is 0.120. The van der Waals surface area contributed by atoms with Crippen LogP contribution in [0.1, 0.15) is 53.8 Å². The van der Waals surface area contributed by atoms with Crippen molar-refractivity contribution in [3.8, 4) is 5.75 Å². The van der Waals surface area contributed by atoms with Crippen molar-refractivity contribution in [2.75, 3.05) is 6.61 Å². The average Bonchev–Trinajstić information content (AvgIpc) is 2.62. The van der Waals surface area contributed by atoms with E-state index in [0.29, 0.717) is 29.7 Å². The van der Waals surface area contributed by atoms with Crippen molar-refractivity contribution in [2.24, 2.45) is 5.92 Å². The van der Waals surface area contributed by atoms with Crippen LogP contribution in [0.3, 0.4) is 0 Å². The van der Waals surface area contributed by atoms with Gasteiger partial charge in [-0.25, -0.2) is 0 Å². The molecule has 1 saturated carbocycles. The number of ether oxygens (including phenoxy) is 1. The molecule has 1 aromatic heterocycles. The van der Waals surface area contributed by atoms with Gasteiger partial charge in [0.1, 0.15) is 5.75 Å². The van der Waals surface area contributed by atoms with Crippen LogP contribution in [0, 0.1) is 5.92 Å². The summed E-state index contributed by atoms with van der Waals surface area (Å²) in [6.07, 6.45) is 6.78. The zero-order chi connectivity index (χ0) is 17.6. The van der Waals surface area contributed by atoms with Crippen LogP contribution in [0.5, 0.6) is 5.75 Å². The summed E-state index contributed by atoms with van der Waals surface area (Å²) in [6, 6.07) is 10.4. The normalized spacial score (nSPS) is 15.1. The van der Waals surface area contributed by atoms with Gasteiger partial charge in [0, 0.05) is 22.7 Å². The fourth-order valence-electron chi connectivity index (χ4n) is 3.28. The molecule has 132 valence electrons. The highest BCUT2D eigenvalue weighted by molar-refractivity contribution is 6.30. The van der Waals surface area contributed by atoms with E-state index < -0.39 is 5.97 Å². The number of carboxylic acids is 1. The Morgan fingerprint density at radius 3 is 2.76 bits per heavy atom. The van der Waals surface area contributed by atoms with Crippen LogP contribution in [-0.4, -0.2) is 17.6 Å². The maximum atomic E-state index is 11.0. The fourth-order valence-corrected chi connectivity index (χ4v) is 3.47. The van der Waals surface area contributed by atoms with Crippen LogP contribution in [0.4, 0.5) is 0 Å². The minimum Gasteiger partial charge on any atom is -0.543 e. The van der Waals surface area contributed by atoms with Crippen molar-refractivity contribution in [2.45, 2.75) is 38.5 Å². The summed E-state index contributed by atoms with van der Waals surface area (Å²) in [5.41, 5.74) is 1.49. The number of benzene rings is 1. The number of aromatic carboxylic acids is 1. The topological polar surface area (TPSA) is 62.2 Å². The fraction of sp³-hybridized carbons (Fsp3) is 0.400. The van der Waals surface area contributed by atoms with Crippen LogP contribution < -0.4 is 9.84 Å². The molecule has 25 heavy (non-hydrogen) atoms. The van der Waals surface area contributed by atoms with Gasteiger partial charge in [-0.2, -0.15) is 0 Å². The lowest BCUT2D eigenvalue weighted by Gasteiger charge is -2.22. The molecule has 0 saturated heterocycles. The van der Waals surface area contributed by atoms with Gasteiger partial charge in [0.25, 0.3) is 0 Å². The number of pyridine rings is 1. The third-order valence-electron chi connectivity index (χ3n) is 4.61. The Kier molecular flexibility index (Phi) is 5.92. The molecule has 1 aromatic carbocycles. The third kappa shape index (κ3) is 4.95. The number of carbonyl (C=O) groups is 1. The van der Waals surface area contributed by atoms with Gasteiger partial charge in [-0.05, 0) is 49.1 Å². The first-order valence-electron chi connectivity index (χ1n) is 8.70. The summed E-state index contributed by atoms with van der Waals surface area (Å²) < 4.78 is 6.07. The van der Waals surface area contributed by atoms with Gasteiger partial charge >= 0.3 is 0 Å². The van der Waals surface area contributed by atoms with E-state index in [9.17, 15) is 9.90 Å². The molecule has 0 amide bonds. The van der Waals surface area contributed by atoms with Crippen molar-refractivity contribution in [3.63, 3.8) is 0 Å². The Bertz CT molecular complexity index is 741. The predicted molar refractivity (Wildman–Crippen MR) is 94.9 cm³/mol. The molecule has 1 heterocycles. The third-order valence-corrected chi connectivity index (χ3v) is 4.84. The number of nitrogens with zero attached hydrogens (tertiary/aromatic N) is 1. The molecule has 2 aromatic rings. The molecule has 0 N–H and O–H groups in total. The van der Waals surface area contributed by atoms with E-state index in [1.54, 1.807) is 12.1 Å². The molecule has 0 bridgehead atoms. The van der Waals surface area contributed by atoms with Gasteiger partial charge in [-0.15, -0.1) is 0 Å². The molecule has 1 aliphatic rings. The highest BCUT2D eigenvalue weighted by Crippen LogP contribution is 2.28. The van der Waals surface area contributed by atoms with E-state index in [-0.39, 0.29) is 5.69 Å². The van der Waals surface area contributed by atoms with Gasteiger partial charge in [0.15, 0.2) is 0 Å². The number of carbonyl (C=O) groups excluding carboxylic acids is 1. The number of rotatable bonds is 6. The first-order valence-corrected chi connectivity index (χ1v) is 9.08. The first-order chi connectivity index (χ1) is 12.1. The quantitative estimate of drug-likeness (QED) is 0.790. The van der Waals surface area contributed by atoms with Gasteiger partial charge in [-0.1, -0.05) is 36.9 Å². The largest absolute Gasteiger partial charge is 0.543 e. The Balaban J connectivity index is 1.74.